The molecule has 1 aromatic carbocycles. The fourth-order valence-corrected chi connectivity index (χ4v) is 2.29. The van der Waals surface area contributed by atoms with E-state index in [9.17, 15) is 4.79 Å². The minimum Gasteiger partial charge on any atom is -0.443 e. The van der Waals surface area contributed by atoms with Gasteiger partial charge in [-0.2, -0.15) is 0 Å². The highest BCUT2D eigenvalue weighted by atomic mass is 16.6. The second-order valence-corrected chi connectivity index (χ2v) is 6.15. The van der Waals surface area contributed by atoms with Crippen LogP contribution in [0.1, 0.15) is 39.7 Å². The van der Waals surface area contributed by atoms with E-state index in [1.54, 1.807) is 4.90 Å². The number of benzene rings is 1. The monoisotopic (exact) mass is 276 g/mol. The fourth-order valence-electron chi connectivity index (χ4n) is 2.29. The second kappa shape index (κ2) is 5.73. The van der Waals surface area contributed by atoms with Crippen LogP contribution in [0.2, 0.25) is 0 Å². The summed E-state index contributed by atoms with van der Waals surface area (Å²) in [6.07, 6.45) is 1.72. The smallest absolute Gasteiger partial charge is 0.414 e. The van der Waals surface area contributed by atoms with Crippen molar-refractivity contribution in [1.82, 2.24) is 0 Å². The quantitative estimate of drug-likeness (QED) is 0.912. The number of amides is 1. The molecule has 0 radical (unpaired) electrons. The van der Waals surface area contributed by atoms with Crippen LogP contribution in [0.4, 0.5) is 16.2 Å². The van der Waals surface area contributed by atoms with E-state index in [0.29, 0.717) is 6.54 Å². The molecule has 1 N–H and O–H groups in total. The van der Waals surface area contributed by atoms with Gasteiger partial charge < -0.3 is 10.1 Å². The Bertz CT molecular complexity index is 492. The molecule has 0 bridgehead atoms. The number of fused-ring (bicyclic) bond motifs is 1. The molecule has 4 nitrogen and oxygen atoms in total. The average molecular weight is 276 g/mol. The Morgan fingerprint density at radius 2 is 2.15 bits per heavy atom. The molecule has 1 aliphatic heterocycles. The molecule has 4 heteroatoms. The first-order valence-corrected chi connectivity index (χ1v) is 7.28. The molecule has 0 saturated carbocycles. The van der Waals surface area contributed by atoms with E-state index in [1.807, 2.05) is 32.9 Å². The zero-order chi connectivity index (χ0) is 14.8. The van der Waals surface area contributed by atoms with Gasteiger partial charge in [-0.1, -0.05) is 6.92 Å². The maximum absolute atomic E-state index is 12.2. The Kier molecular flexibility index (Phi) is 4.21. The number of carbonyl (C=O) groups is 1. The van der Waals surface area contributed by atoms with Crippen LogP contribution in [0.25, 0.3) is 0 Å². The lowest BCUT2D eigenvalue weighted by molar-refractivity contribution is 0.0584. The topological polar surface area (TPSA) is 41.6 Å². The number of nitrogens with zero attached hydrogens (tertiary/aromatic N) is 1. The van der Waals surface area contributed by atoms with Gasteiger partial charge in [0.15, 0.2) is 0 Å². The normalized spacial score (nSPS) is 14.1. The summed E-state index contributed by atoms with van der Waals surface area (Å²) >= 11 is 0. The van der Waals surface area contributed by atoms with Crippen molar-refractivity contribution in [1.29, 1.82) is 0 Å². The van der Waals surface area contributed by atoms with Crippen LogP contribution in [-0.4, -0.2) is 24.8 Å². The van der Waals surface area contributed by atoms with Gasteiger partial charge in [0.2, 0.25) is 0 Å². The van der Waals surface area contributed by atoms with Gasteiger partial charge in [0.25, 0.3) is 0 Å². The summed E-state index contributed by atoms with van der Waals surface area (Å²) in [6, 6.07) is 6.16. The summed E-state index contributed by atoms with van der Waals surface area (Å²) in [4.78, 5) is 13.9. The second-order valence-electron chi connectivity index (χ2n) is 6.15. The molecule has 0 aliphatic carbocycles. The first-order chi connectivity index (χ1) is 9.40. The minimum absolute atomic E-state index is 0.259. The van der Waals surface area contributed by atoms with Crippen LogP contribution < -0.4 is 10.2 Å². The molecule has 0 aromatic heterocycles. The molecule has 1 amide bonds. The summed E-state index contributed by atoms with van der Waals surface area (Å²) in [7, 11) is 0. The molecule has 0 fully saturated rings. The highest BCUT2D eigenvalue weighted by Gasteiger charge is 2.28. The molecule has 0 saturated heterocycles. The molecule has 1 heterocycles. The SMILES string of the molecule is CCCNc1ccc2c(c1)CCN2C(=O)OC(C)(C)C. The van der Waals surface area contributed by atoms with Crippen LogP contribution >= 0.6 is 0 Å². The van der Waals surface area contributed by atoms with Gasteiger partial charge in [0, 0.05) is 18.8 Å². The van der Waals surface area contributed by atoms with Crippen molar-refractivity contribution in [2.24, 2.45) is 0 Å². The lowest BCUT2D eigenvalue weighted by Gasteiger charge is -2.24. The Hall–Kier alpha value is -1.71. The number of anilines is 2. The molecular weight excluding hydrogens is 252 g/mol. The zero-order valence-electron chi connectivity index (χ0n) is 12.8. The van der Waals surface area contributed by atoms with Crippen molar-refractivity contribution in [3.8, 4) is 0 Å². The van der Waals surface area contributed by atoms with Gasteiger partial charge in [0.1, 0.15) is 5.60 Å². The molecule has 1 aromatic rings. The standard InChI is InChI=1S/C16H24N2O2/c1-5-9-17-13-6-7-14-12(11-13)8-10-18(14)15(19)20-16(2,3)4/h6-7,11,17H,5,8-10H2,1-4H3. The highest BCUT2D eigenvalue weighted by molar-refractivity contribution is 5.91. The van der Waals surface area contributed by atoms with Crippen molar-refractivity contribution in [3.63, 3.8) is 0 Å². The lowest BCUT2D eigenvalue weighted by Crippen LogP contribution is -2.35. The van der Waals surface area contributed by atoms with Gasteiger partial charge in [0.05, 0.1) is 5.69 Å². The third-order valence-corrected chi connectivity index (χ3v) is 3.17. The number of hydrogen-bond acceptors (Lipinski definition) is 3. The third kappa shape index (κ3) is 3.44. The Morgan fingerprint density at radius 1 is 1.40 bits per heavy atom. The Balaban J connectivity index is 2.11. The third-order valence-electron chi connectivity index (χ3n) is 3.17. The first kappa shape index (κ1) is 14.7. The van der Waals surface area contributed by atoms with Crippen molar-refractivity contribution in [3.05, 3.63) is 23.8 Å². The van der Waals surface area contributed by atoms with Crippen LogP contribution in [0, 0.1) is 0 Å². The summed E-state index contributed by atoms with van der Waals surface area (Å²) < 4.78 is 5.44. The molecule has 0 atom stereocenters. The molecule has 2 rings (SSSR count). The van der Waals surface area contributed by atoms with E-state index in [-0.39, 0.29) is 6.09 Å². The summed E-state index contributed by atoms with van der Waals surface area (Å²) in [5.74, 6) is 0. The first-order valence-electron chi connectivity index (χ1n) is 7.28. The van der Waals surface area contributed by atoms with Gasteiger partial charge in [-0.3, -0.25) is 4.90 Å². The van der Waals surface area contributed by atoms with E-state index in [0.717, 1.165) is 30.8 Å². The minimum atomic E-state index is -0.456. The van der Waals surface area contributed by atoms with Crippen LogP contribution in [0.3, 0.4) is 0 Å². The van der Waals surface area contributed by atoms with Crippen LogP contribution in [0.5, 0.6) is 0 Å². The maximum atomic E-state index is 12.2. The van der Waals surface area contributed by atoms with Crippen LogP contribution in [-0.2, 0) is 11.2 Å². The maximum Gasteiger partial charge on any atom is 0.414 e. The lowest BCUT2D eigenvalue weighted by atomic mass is 10.1. The predicted molar refractivity (Wildman–Crippen MR) is 82.5 cm³/mol. The molecular formula is C16H24N2O2. The van der Waals surface area contributed by atoms with Crippen molar-refractivity contribution in [2.45, 2.75) is 46.1 Å². The molecule has 1 aliphatic rings. The van der Waals surface area contributed by atoms with Crippen molar-refractivity contribution in [2.75, 3.05) is 23.3 Å². The predicted octanol–water partition coefficient (Wildman–Crippen LogP) is 3.81. The van der Waals surface area contributed by atoms with Gasteiger partial charge in [-0.25, -0.2) is 4.79 Å². The number of ether oxygens (including phenoxy) is 1. The number of rotatable bonds is 3. The zero-order valence-corrected chi connectivity index (χ0v) is 12.8. The van der Waals surface area contributed by atoms with E-state index < -0.39 is 5.60 Å². The average Bonchev–Trinajstić information content (AvgIpc) is 2.77. The summed E-state index contributed by atoms with van der Waals surface area (Å²) in [6.45, 7) is 9.47. The van der Waals surface area contributed by atoms with E-state index in [1.165, 1.54) is 5.56 Å². The number of carbonyl (C=O) groups excluding carboxylic acids is 1. The van der Waals surface area contributed by atoms with Gasteiger partial charge >= 0.3 is 6.09 Å². The molecule has 0 spiro atoms. The van der Waals surface area contributed by atoms with Gasteiger partial charge in [-0.15, -0.1) is 0 Å². The number of nitrogens with one attached hydrogen (secondary N) is 1. The summed E-state index contributed by atoms with van der Waals surface area (Å²) in [5, 5.41) is 3.37. The number of hydrogen-bond donors (Lipinski definition) is 1. The molecule has 110 valence electrons. The fraction of sp³-hybridized carbons (Fsp3) is 0.562. The van der Waals surface area contributed by atoms with Gasteiger partial charge in [-0.05, 0) is 57.4 Å². The summed E-state index contributed by atoms with van der Waals surface area (Å²) in [5.41, 5.74) is 2.84. The van der Waals surface area contributed by atoms with E-state index in [2.05, 4.69) is 18.3 Å². The molecule has 0 unspecified atom stereocenters. The highest BCUT2D eigenvalue weighted by Crippen LogP contribution is 2.31. The molecule has 20 heavy (non-hydrogen) atoms. The van der Waals surface area contributed by atoms with Crippen LogP contribution in [0.15, 0.2) is 18.2 Å². The van der Waals surface area contributed by atoms with Crippen molar-refractivity contribution < 1.29 is 9.53 Å². The Morgan fingerprint density at radius 3 is 2.80 bits per heavy atom. The van der Waals surface area contributed by atoms with E-state index in [4.69, 9.17) is 4.74 Å². The largest absolute Gasteiger partial charge is 0.443 e. The van der Waals surface area contributed by atoms with E-state index >= 15 is 0 Å². The van der Waals surface area contributed by atoms with Crippen molar-refractivity contribution >= 4 is 17.5 Å². The Labute approximate surface area is 121 Å².